The number of aryl methyl sites for hydroxylation is 1. The van der Waals surface area contributed by atoms with E-state index in [1.165, 1.54) is 17.1 Å². The van der Waals surface area contributed by atoms with E-state index in [2.05, 4.69) is 10.4 Å². The zero-order valence-electron chi connectivity index (χ0n) is 15.4. The van der Waals surface area contributed by atoms with Crippen LogP contribution in [0.5, 0.6) is 0 Å². The molecule has 1 amide bonds. The van der Waals surface area contributed by atoms with Crippen LogP contribution in [-0.4, -0.2) is 20.6 Å². The van der Waals surface area contributed by atoms with Gasteiger partial charge >= 0.3 is 5.69 Å². The number of carbonyl (C=O) groups is 1. The van der Waals surface area contributed by atoms with Crippen LogP contribution in [-0.2, 0) is 11.3 Å². The van der Waals surface area contributed by atoms with Gasteiger partial charge in [0.2, 0.25) is 5.91 Å². The number of rotatable bonds is 7. The smallest absolute Gasteiger partial charge is 0.306 e. The molecule has 146 valence electrons. The highest BCUT2D eigenvalue weighted by Crippen LogP contribution is 2.28. The summed E-state index contributed by atoms with van der Waals surface area (Å²) in [5, 5.41) is 18.6. The zero-order valence-corrected chi connectivity index (χ0v) is 15.4. The number of furan rings is 1. The topological polar surface area (TPSA) is 103 Å². The maximum absolute atomic E-state index is 12.6. The van der Waals surface area contributed by atoms with Gasteiger partial charge in [-0.3, -0.25) is 19.6 Å². The zero-order chi connectivity index (χ0) is 20.2. The molecule has 8 heteroatoms. The van der Waals surface area contributed by atoms with Crippen molar-refractivity contribution in [3.8, 4) is 0 Å². The van der Waals surface area contributed by atoms with Gasteiger partial charge in [-0.05, 0) is 17.7 Å². The van der Waals surface area contributed by atoms with Gasteiger partial charge < -0.3 is 9.73 Å². The first kappa shape index (κ1) is 18.4. The van der Waals surface area contributed by atoms with Crippen molar-refractivity contribution >= 4 is 22.6 Å². The van der Waals surface area contributed by atoms with Crippen molar-refractivity contribution in [1.29, 1.82) is 0 Å². The van der Waals surface area contributed by atoms with Gasteiger partial charge in [0.25, 0.3) is 0 Å². The summed E-state index contributed by atoms with van der Waals surface area (Å²) >= 11 is 0. The van der Waals surface area contributed by atoms with Gasteiger partial charge in [0.05, 0.1) is 4.92 Å². The number of nitro groups is 1. The second kappa shape index (κ2) is 7.97. The van der Waals surface area contributed by atoms with Gasteiger partial charge in [-0.1, -0.05) is 48.5 Å². The van der Waals surface area contributed by atoms with Gasteiger partial charge in [0, 0.05) is 18.4 Å². The Balaban J connectivity index is 1.52. The predicted molar refractivity (Wildman–Crippen MR) is 106 cm³/mol. The number of amides is 1. The first-order chi connectivity index (χ1) is 14.1. The van der Waals surface area contributed by atoms with Gasteiger partial charge in [-0.2, -0.15) is 5.10 Å². The monoisotopic (exact) mass is 390 g/mol. The Morgan fingerprint density at radius 1 is 1.17 bits per heavy atom. The number of nitrogens with one attached hydrogen (secondary N) is 1. The number of fused-ring (bicyclic) bond motifs is 1. The lowest BCUT2D eigenvalue weighted by atomic mass is 10.0. The van der Waals surface area contributed by atoms with Crippen molar-refractivity contribution in [2.75, 3.05) is 0 Å². The summed E-state index contributed by atoms with van der Waals surface area (Å²) in [5.74, 6) is 0.429. The molecule has 0 spiro atoms. The fraction of sp³-hybridized carbons (Fsp3) is 0.143. The maximum Gasteiger partial charge on any atom is 0.306 e. The molecule has 0 saturated heterocycles. The minimum atomic E-state index is -0.517. The fourth-order valence-electron chi connectivity index (χ4n) is 3.13. The summed E-state index contributed by atoms with van der Waals surface area (Å²) in [6, 6.07) is 18.7. The Kier molecular flexibility index (Phi) is 5.07. The van der Waals surface area contributed by atoms with Crippen LogP contribution in [0.25, 0.3) is 11.0 Å². The van der Waals surface area contributed by atoms with Gasteiger partial charge in [-0.15, -0.1) is 0 Å². The third-order valence-corrected chi connectivity index (χ3v) is 4.57. The molecule has 0 radical (unpaired) electrons. The van der Waals surface area contributed by atoms with E-state index < -0.39 is 11.0 Å². The summed E-state index contributed by atoms with van der Waals surface area (Å²) in [4.78, 5) is 22.8. The molecule has 8 nitrogen and oxygen atoms in total. The minimum absolute atomic E-state index is 0.102. The molecule has 0 fully saturated rings. The molecule has 2 aromatic heterocycles. The number of hydrogen-bond donors (Lipinski definition) is 1. The molecule has 4 rings (SSSR count). The summed E-state index contributed by atoms with van der Waals surface area (Å²) < 4.78 is 7.36. The van der Waals surface area contributed by atoms with E-state index in [9.17, 15) is 14.9 Å². The second-order valence-corrected chi connectivity index (χ2v) is 6.57. The molecule has 0 aliphatic rings. The standard InChI is InChI=1S/C21H18N4O4/c26-20(10-11-24-14-17(13-22-24)25(27)28)23-21(15-6-2-1-3-7-15)19-12-16-8-4-5-9-18(16)29-19/h1-9,12-14,21H,10-11H2,(H,23,26). The van der Waals surface area contributed by atoms with Crippen LogP contribution in [0.4, 0.5) is 5.69 Å². The number of nitrogens with zero attached hydrogens (tertiary/aromatic N) is 3. The van der Waals surface area contributed by atoms with Crippen molar-refractivity contribution in [2.24, 2.45) is 0 Å². The second-order valence-electron chi connectivity index (χ2n) is 6.57. The Morgan fingerprint density at radius 3 is 2.66 bits per heavy atom. The Hall–Kier alpha value is -3.94. The first-order valence-electron chi connectivity index (χ1n) is 9.10. The van der Waals surface area contributed by atoms with E-state index in [4.69, 9.17) is 4.42 Å². The van der Waals surface area contributed by atoms with E-state index >= 15 is 0 Å². The van der Waals surface area contributed by atoms with E-state index in [0.29, 0.717) is 5.76 Å². The molecule has 0 bridgehead atoms. The van der Waals surface area contributed by atoms with Crippen LogP contribution in [0.15, 0.2) is 77.5 Å². The van der Waals surface area contributed by atoms with Crippen LogP contribution in [0, 0.1) is 10.1 Å². The highest BCUT2D eigenvalue weighted by atomic mass is 16.6. The summed E-state index contributed by atoms with van der Waals surface area (Å²) in [5.41, 5.74) is 1.55. The number of para-hydroxylation sites is 1. The van der Waals surface area contributed by atoms with Gasteiger partial charge in [0.1, 0.15) is 29.8 Å². The SMILES string of the molecule is O=C(CCn1cc([N+](=O)[O-])cn1)NC(c1ccccc1)c1cc2ccccc2o1. The Morgan fingerprint density at radius 2 is 1.93 bits per heavy atom. The van der Waals surface area contributed by atoms with E-state index in [-0.39, 0.29) is 24.6 Å². The summed E-state index contributed by atoms with van der Waals surface area (Å²) in [6.07, 6.45) is 2.60. The summed E-state index contributed by atoms with van der Waals surface area (Å²) in [6.45, 7) is 0.237. The van der Waals surface area contributed by atoms with Gasteiger partial charge in [-0.25, -0.2) is 0 Å². The number of benzene rings is 2. The maximum atomic E-state index is 12.6. The molecular weight excluding hydrogens is 372 g/mol. The first-order valence-corrected chi connectivity index (χ1v) is 9.10. The van der Waals surface area contributed by atoms with E-state index in [0.717, 1.165) is 16.5 Å². The van der Waals surface area contributed by atoms with Crippen LogP contribution < -0.4 is 5.32 Å². The lowest BCUT2D eigenvalue weighted by molar-refractivity contribution is -0.385. The predicted octanol–water partition coefficient (Wildman–Crippen LogP) is 3.83. The van der Waals surface area contributed by atoms with Gasteiger partial charge in [0.15, 0.2) is 0 Å². The van der Waals surface area contributed by atoms with Crippen molar-refractivity contribution in [2.45, 2.75) is 19.0 Å². The van der Waals surface area contributed by atoms with Crippen LogP contribution >= 0.6 is 0 Å². The third kappa shape index (κ3) is 4.16. The molecule has 0 aliphatic heterocycles. The largest absolute Gasteiger partial charge is 0.459 e. The average Bonchev–Trinajstić information content (AvgIpc) is 3.38. The lowest BCUT2D eigenvalue weighted by Gasteiger charge is -2.17. The van der Waals surface area contributed by atoms with E-state index in [1.807, 2.05) is 60.7 Å². The van der Waals surface area contributed by atoms with Crippen molar-refractivity contribution in [3.05, 3.63) is 94.5 Å². The molecular formula is C21H18N4O4. The molecule has 29 heavy (non-hydrogen) atoms. The molecule has 0 saturated carbocycles. The number of aromatic nitrogens is 2. The van der Waals surface area contributed by atoms with Crippen molar-refractivity contribution in [1.82, 2.24) is 15.1 Å². The summed E-state index contributed by atoms with van der Waals surface area (Å²) in [7, 11) is 0. The Bertz CT molecular complexity index is 1120. The molecule has 0 aliphatic carbocycles. The highest BCUT2D eigenvalue weighted by Gasteiger charge is 2.21. The average molecular weight is 390 g/mol. The number of carbonyl (C=O) groups excluding carboxylic acids is 1. The molecule has 2 heterocycles. The minimum Gasteiger partial charge on any atom is -0.459 e. The highest BCUT2D eigenvalue weighted by molar-refractivity contribution is 5.79. The molecule has 4 aromatic rings. The lowest BCUT2D eigenvalue weighted by Crippen LogP contribution is -2.29. The molecule has 1 N–H and O–H groups in total. The van der Waals surface area contributed by atoms with Crippen LogP contribution in [0.1, 0.15) is 23.8 Å². The Labute approximate surface area is 165 Å². The third-order valence-electron chi connectivity index (χ3n) is 4.57. The molecule has 1 unspecified atom stereocenters. The van der Waals surface area contributed by atoms with Crippen molar-refractivity contribution in [3.63, 3.8) is 0 Å². The van der Waals surface area contributed by atoms with Crippen LogP contribution in [0.3, 0.4) is 0 Å². The number of hydrogen-bond acceptors (Lipinski definition) is 5. The molecule has 2 aromatic carbocycles. The van der Waals surface area contributed by atoms with E-state index in [1.54, 1.807) is 0 Å². The van der Waals surface area contributed by atoms with Crippen molar-refractivity contribution < 1.29 is 14.1 Å². The van der Waals surface area contributed by atoms with Crippen LogP contribution in [0.2, 0.25) is 0 Å². The molecule has 1 atom stereocenters. The quantitative estimate of drug-likeness (QED) is 0.381. The fourth-order valence-corrected chi connectivity index (χ4v) is 3.13. The normalized spacial score (nSPS) is 12.0.